The molecule has 0 aliphatic rings. The number of halogens is 1. The number of hydrogen-bond acceptors (Lipinski definition) is 5. The van der Waals surface area contributed by atoms with E-state index in [1.165, 1.54) is 24.5 Å². The average molecular weight is 435 g/mol. The summed E-state index contributed by atoms with van der Waals surface area (Å²) >= 11 is 6.07. The maximum Gasteiger partial charge on any atom is 0.341 e. The number of aromatic nitrogens is 1. The molecule has 0 saturated carbocycles. The Labute approximate surface area is 173 Å². The van der Waals surface area contributed by atoms with Gasteiger partial charge in [0, 0.05) is 36.6 Å². The van der Waals surface area contributed by atoms with Gasteiger partial charge in [-0.05, 0) is 36.4 Å². The number of ether oxygens (including phenoxy) is 1. The molecule has 3 aromatic rings. The van der Waals surface area contributed by atoms with Gasteiger partial charge in [-0.25, -0.2) is 17.2 Å². The molecular formula is C20H19ClN2O5S. The zero-order chi connectivity index (χ0) is 21.0. The SMILES string of the molecule is CN(Cc1cc(Cl)ccc1OCC(=O)O)c1ccn(S(=O)(=O)c2ccccc2)c1. The van der Waals surface area contributed by atoms with Gasteiger partial charge in [-0.15, -0.1) is 0 Å². The van der Waals surface area contributed by atoms with E-state index in [0.717, 1.165) is 3.97 Å². The third kappa shape index (κ3) is 4.90. The molecule has 29 heavy (non-hydrogen) atoms. The fraction of sp³-hybridized carbons (Fsp3) is 0.150. The van der Waals surface area contributed by atoms with Gasteiger partial charge < -0.3 is 14.7 Å². The van der Waals surface area contributed by atoms with Crippen LogP contribution in [0.2, 0.25) is 5.02 Å². The van der Waals surface area contributed by atoms with Gasteiger partial charge in [-0.2, -0.15) is 0 Å². The van der Waals surface area contributed by atoms with Crippen molar-refractivity contribution in [3.8, 4) is 5.75 Å². The number of carbonyl (C=O) groups is 1. The zero-order valence-corrected chi connectivity index (χ0v) is 17.1. The lowest BCUT2D eigenvalue weighted by atomic mass is 10.2. The van der Waals surface area contributed by atoms with Crippen LogP contribution < -0.4 is 9.64 Å². The van der Waals surface area contributed by atoms with Crippen LogP contribution in [0.1, 0.15) is 5.56 Å². The summed E-state index contributed by atoms with van der Waals surface area (Å²) in [6.45, 7) is -0.130. The summed E-state index contributed by atoms with van der Waals surface area (Å²) < 4.78 is 31.9. The van der Waals surface area contributed by atoms with Crippen LogP contribution in [0.5, 0.6) is 5.75 Å². The summed E-state index contributed by atoms with van der Waals surface area (Å²) in [6.07, 6.45) is 3.00. The summed E-state index contributed by atoms with van der Waals surface area (Å²) in [6, 6.07) is 14.8. The number of carboxylic acids is 1. The van der Waals surface area contributed by atoms with Gasteiger partial charge in [0.2, 0.25) is 0 Å². The predicted octanol–water partition coefficient (Wildman–Crippen LogP) is 3.48. The van der Waals surface area contributed by atoms with Gasteiger partial charge in [0.05, 0.1) is 10.6 Å². The number of carboxylic acid groups (broad SMARTS) is 1. The second-order valence-corrected chi connectivity index (χ2v) is 8.59. The highest BCUT2D eigenvalue weighted by Gasteiger charge is 2.18. The Bertz CT molecular complexity index is 1110. The molecule has 152 valence electrons. The number of rotatable bonds is 8. The summed E-state index contributed by atoms with van der Waals surface area (Å²) in [5, 5.41) is 9.32. The first-order valence-electron chi connectivity index (χ1n) is 8.60. The van der Waals surface area contributed by atoms with Gasteiger partial charge in [0.25, 0.3) is 10.0 Å². The van der Waals surface area contributed by atoms with Crippen LogP contribution in [-0.2, 0) is 21.4 Å². The van der Waals surface area contributed by atoms with Crippen molar-refractivity contribution in [2.24, 2.45) is 0 Å². The molecule has 0 bridgehead atoms. The van der Waals surface area contributed by atoms with E-state index in [0.29, 0.717) is 28.6 Å². The van der Waals surface area contributed by atoms with E-state index in [1.54, 1.807) is 49.5 Å². The molecule has 7 nitrogen and oxygen atoms in total. The molecule has 0 aliphatic carbocycles. The first kappa shape index (κ1) is 20.8. The number of aliphatic carboxylic acids is 1. The highest BCUT2D eigenvalue weighted by atomic mass is 35.5. The van der Waals surface area contributed by atoms with Crippen molar-refractivity contribution in [3.63, 3.8) is 0 Å². The van der Waals surface area contributed by atoms with Crippen LogP contribution in [-0.4, -0.2) is 37.1 Å². The molecule has 0 atom stereocenters. The first-order valence-corrected chi connectivity index (χ1v) is 10.4. The molecule has 0 unspecified atom stereocenters. The van der Waals surface area contributed by atoms with Crippen LogP contribution >= 0.6 is 11.6 Å². The number of hydrogen-bond donors (Lipinski definition) is 1. The Morgan fingerprint density at radius 1 is 1.17 bits per heavy atom. The Balaban J connectivity index is 1.82. The molecular weight excluding hydrogens is 416 g/mol. The van der Waals surface area contributed by atoms with Crippen molar-refractivity contribution in [1.82, 2.24) is 3.97 Å². The maximum absolute atomic E-state index is 12.7. The Kier molecular flexibility index (Phi) is 6.14. The van der Waals surface area contributed by atoms with Gasteiger partial charge in [-0.1, -0.05) is 29.8 Å². The van der Waals surface area contributed by atoms with Crippen molar-refractivity contribution in [2.75, 3.05) is 18.6 Å². The second kappa shape index (κ2) is 8.59. The van der Waals surface area contributed by atoms with Crippen molar-refractivity contribution in [2.45, 2.75) is 11.4 Å². The molecule has 0 amide bonds. The molecule has 1 aromatic heterocycles. The van der Waals surface area contributed by atoms with Crippen LogP contribution in [0.4, 0.5) is 5.69 Å². The molecule has 1 N–H and O–H groups in total. The van der Waals surface area contributed by atoms with Crippen molar-refractivity contribution >= 4 is 33.3 Å². The average Bonchev–Trinajstić information content (AvgIpc) is 3.19. The van der Waals surface area contributed by atoms with E-state index in [-0.39, 0.29) is 4.90 Å². The lowest BCUT2D eigenvalue weighted by Gasteiger charge is -2.20. The molecule has 0 fully saturated rings. The lowest BCUT2D eigenvalue weighted by molar-refractivity contribution is -0.139. The van der Waals surface area contributed by atoms with Crippen molar-refractivity contribution in [1.29, 1.82) is 0 Å². The minimum atomic E-state index is -3.68. The summed E-state index contributed by atoms with van der Waals surface area (Å²) in [5.74, 6) is -0.678. The molecule has 1 heterocycles. The largest absolute Gasteiger partial charge is 0.482 e. The third-order valence-electron chi connectivity index (χ3n) is 4.19. The highest BCUT2D eigenvalue weighted by molar-refractivity contribution is 7.90. The van der Waals surface area contributed by atoms with Crippen molar-refractivity contribution < 1.29 is 23.1 Å². The Hall–Kier alpha value is -2.97. The van der Waals surface area contributed by atoms with E-state index in [4.69, 9.17) is 21.4 Å². The topological polar surface area (TPSA) is 88.8 Å². The standard InChI is InChI=1S/C20H19ClN2O5S/c1-22(12-15-11-16(21)7-8-19(15)28-14-20(24)25)17-9-10-23(13-17)29(26,27)18-5-3-2-4-6-18/h2-11,13H,12,14H2,1H3,(H,24,25). The second-order valence-electron chi connectivity index (χ2n) is 6.31. The van der Waals surface area contributed by atoms with E-state index in [2.05, 4.69) is 0 Å². The van der Waals surface area contributed by atoms with E-state index >= 15 is 0 Å². The quantitative estimate of drug-likeness (QED) is 0.584. The minimum Gasteiger partial charge on any atom is -0.482 e. The molecule has 9 heteroatoms. The molecule has 2 aromatic carbocycles. The van der Waals surface area contributed by atoms with E-state index in [1.807, 2.05) is 4.90 Å². The lowest BCUT2D eigenvalue weighted by Crippen LogP contribution is -2.18. The third-order valence-corrected chi connectivity index (χ3v) is 6.08. The molecule has 3 rings (SSSR count). The minimum absolute atomic E-state index is 0.198. The monoisotopic (exact) mass is 434 g/mol. The molecule has 0 radical (unpaired) electrons. The summed E-state index contributed by atoms with van der Waals surface area (Å²) in [5.41, 5.74) is 1.34. The van der Waals surface area contributed by atoms with Crippen LogP contribution in [0.25, 0.3) is 0 Å². The van der Waals surface area contributed by atoms with E-state index in [9.17, 15) is 13.2 Å². The molecule has 0 aliphatic heterocycles. The first-order chi connectivity index (χ1) is 13.8. The van der Waals surface area contributed by atoms with Crippen LogP contribution in [0.3, 0.4) is 0 Å². The fourth-order valence-corrected chi connectivity index (χ4v) is 4.16. The molecule has 0 saturated heterocycles. The van der Waals surface area contributed by atoms with E-state index < -0.39 is 22.6 Å². The smallest absolute Gasteiger partial charge is 0.341 e. The number of nitrogens with zero attached hydrogens (tertiary/aromatic N) is 2. The summed E-state index contributed by atoms with van der Waals surface area (Å²) in [7, 11) is -1.89. The van der Waals surface area contributed by atoms with Gasteiger partial charge in [0.15, 0.2) is 6.61 Å². The molecule has 0 spiro atoms. The predicted molar refractivity (Wildman–Crippen MR) is 110 cm³/mol. The van der Waals surface area contributed by atoms with Crippen LogP contribution in [0.15, 0.2) is 71.9 Å². The summed E-state index contributed by atoms with van der Waals surface area (Å²) in [4.78, 5) is 12.8. The van der Waals surface area contributed by atoms with Crippen molar-refractivity contribution in [3.05, 3.63) is 77.6 Å². The van der Waals surface area contributed by atoms with Gasteiger partial charge in [-0.3, -0.25) is 0 Å². The normalized spacial score (nSPS) is 11.2. The maximum atomic E-state index is 12.7. The zero-order valence-electron chi connectivity index (χ0n) is 15.5. The fourth-order valence-electron chi connectivity index (χ4n) is 2.75. The Morgan fingerprint density at radius 3 is 2.59 bits per heavy atom. The number of benzene rings is 2. The van der Waals surface area contributed by atoms with Gasteiger partial charge >= 0.3 is 5.97 Å². The highest BCUT2D eigenvalue weighted by Crippen LogP contribution is 2.27. The Morgan fingerprint density at radius 2 is 1.90 bits per heavy atom. The van der Waals surface area contributed by atoms with Crippen LogP contribution in [0, 0.1) is 0 Å². The van der Waals surface area contributed by atoms with Gasteiger partial charge in [0.1, 0.15) is 5.75 Å². The number of anilines is 1.